The molecule has 0 fully saturated rings. The van der Waals surface area contributed by atoms with Crippen LogP contribution in [-0.2, 0) is 0 Å². The molecule has 0 radical (unpaired) electrons. The molecule has 1 amide bonds. The Hall–Kier alpha value is -2.95. The van der Waals surface area contributed by atoms with Gasteiger partial charge in [-0.15, -0.1) is 0 Å². The molecule has 4 aromatic rings. The molecule has 0 aliphatic rings. The van der Waals surface area contributed by atoms with E-state index in [0.29, 0.717) is 38.2 Å². The Morgan fingerprint density at radius 2 is 1.72 bits per heavy atom. The van der Waals surface area contributed by atoms with E-state index >= 15 is 0 Å². The van der Waals surface area contributed by atoms with Gasteiger partial charge in [-0.05, 0) is 61.9 Å². The zero-order valence-corrected chi connectivity index (χ0v) is 17.3. The molecule has 2 aromatic carbocycles. The van der Waals surface area contributed by atoms with Gasteiger partial charge in [0.05, 0.1) is 21.8 Å². The number of nitrogens with zero attached hydrogens (tertiary/aromatic N) is 2. The number of amides is 1. The monoisotopic (exact) mass is 421 g/mol. The molecule has 0 atom stereocenters. The molecule has 0 aliphatic carbocycles. The second-order valence-electron chi connectivity index (χ2n) is 6.82. The molecule has 6 heteroatoms. The number of hydrogen-bond acceptors (Lipinski definition) is 3. The Labute approximate surface area is 178 Å². The van der Waals surface area contributed by atoms with E-state index in [1.165, 1.54) is 0 Å². The van der Waals surface area contributed by atoms with Gasteiger partial charge >= 0.3 is 0 Å². The summed E-state index contributed by atoms with van der Waals surface area (Å²) in [5.41, 5.74) is 4.38. The summed E-state index contributed by atoms with van der Waals surface area (Å²) in [4.78, 5) is 22.2. The van der Waals surface area contributed by atoms with Gasteiger partial charge in [0.2, 0.25) is 0 Å². The number of carbonyl (C=O) groups is 1. The van der Waals surface area contributed by atoms with Gasteiger partial charge in [0.15, 0.2) is 0 Å². The molecule has 4 nitrogen and oxygen atoms in total. The van der Waals surface area contributed by atoms with E-state index < -0.39 is 0 Å². The van der Waals surface area contributed by atoms with Crippen LogP contribution in [0.4, 0.5) is 5.82 Å². The lowest BCUT2D eigenvalue weighted by atomic mass is 10.0. The SMILES string of the molecule is Cc1cc(C)nc(NC(=O)c2cc(-c3ccc(Cl)cc3Cl)nc3ccccc23)c1. The number of fused-ring (bicyclic) bond motifs is 1. The summed E-state index contributed by atoms with van der Waals surface area (Å²) in [6, 6.07) is 18.3. The molecule has 0 spiro atoms. The topological polar surface area (TPSA) is 54.9 Å². The minimum atomic E-state index is -0.257. The molecule has 0 unspecified atom stereocenters. The van der Waals surface area contributed by atoms with Crippen LogP contribution in [0.2, 0.25) is 10.0 Å². The van der Waals surface area contributed by atoms with Crippen molar-refractivity contribution in [3.63, 3.8) is 0 Å². The van der Waals surface area contributed by atoms with Crippen molar-refractivity contribution >= 4 is 45.8 Å². The average Bonchev–Trinajstić information content (AvgIpc) is 2.66. The Morgan fingerprint density at radius 1 is 0.931 bits per heavy atom. The van der Waals surface area contributed by atoms with Crippen LogP contribution in [0.25, 0.3) is 22.2 Å². The first-order chi connectivity index (χ1) is 13.9. The summed E-state index contributed by atoms with van der Waals surface area (Å²) < 4.78 is 0. The predicted octanol–water partition coefficient (Wildman–Crippen LogP) is 6.47. The highest BCUT2D eigenvalue weighted by Crippen LogP contribution is 2.32. The number of benzene rings is 2. The number of carbonyl (C=O) groups excluding carboxylic acids is 1. The summed E-state index contributed by atoms with van der Waals surface area (Å²) in [7, 11) is 0. The van der Waals surface area contributed by atoms with E-state index in [1.54, 1.807) is 24.3 Å². The van der Waals surface area contributed by atoms with Crippen LogP contribution < -0.4 is 5.32 Å². The number of halogens is 2. The lowest BCUT2D eigenvalue weighted by Gasteiger charge is -2.12. The van der Waals surface area contributed by atoms with Crippen LogP contribution in [0.15, 0.2) is 60.7 Å². The third-order valence-electron chi connectivity index (χ3n) is 4.51. The van der Waals surface area contributed by atoms with Crippen molar-refractivity contribution in [3.05, 3.63) is 87.5 Å². The maximum absolute atomic E-state index is 13.1. The lowest BCUT2D eigenvalue weighted by molar-refractivity contribution is 0.102. The van der Waals surface area contributed by atoms with Crippen molar-refractivity contribution in [2.45, 2.75) is 13.8 Å². The van der Waals surface area contributed by atoms with Crippen LogP contribution in [0.1, 0.15) is 21.6 Å². The van der Waals surface area contributed by atoms with Gasteiger partial charge in [0, 0.05) is 21.7 Å². The molecule has 0 saturated carbocycles. The number of aromatic nitrogens is 2. The van der Waals surface area contributed by atoms with Crippen LogP contribution in [0.3, 0.4) is 0 Å². The van der Waals surface area contributed by atoms with E-state index in [2.05, 4.69) is 10.3 Å². The molecule has 0 saturated heterocycles. The summed E-state index contributed by atoms with van der Waals surface area (Å²) in [6.07, 6.45) is 0. The fraction of sp³-hybridized carbons (Fsp3) is 0.0870. The molecular formula is C23H17Cl2N3O. The van der Waals surface area contributed by atoms with Gasteiger partial charge in [-0.1, -0.05) is 41.4 Å². The zero-order chi connectivity index (χ0) is 20.5. The number of rotatable bonds is 3. The minimum absolute atomic E-state index is 0.257. The minimum Gasteiger partial charge on any atom is -0.307 e. The molecular weight excluding hydrogens is 405 g/mol. The number of aryl methyl sites for hydroxylation is 2. The highest BCUT2D eigenvalue weighted by molar-refractivity contribution is 6.36. The molecule has 0 bridgehead atoms. The zero-order valence-electron chi connectivity index (χ0n) is 15.8. The fourth-order valence-corrected chi connectivity index (χ4v) is 3.79. The van der Waals surface area contributed by atoms with E-state index in [9.17, 15) is 4.79 Å². The number of para-hydroxylation sites is 1. The summed E-state index contributed by atoms with van der Waals surface area (Å²) in [5.74, 6) is 0.256. The van der Waals surface area contributed by atoms with Crippen LogP contribution >= 0.6 is 23.2 Å². The van der Waals surface area contributed by atoms with Crippen LogP contribution in [0, 0.1) is 13.8 Å². The second kappa shape index (κ2) is 7.82. The number of anilines is 1. The van der Waals surface area contributed by atoms with Gasteiger partial charge in [0.1, 0.15) is 5.82 Å². The van der Waals surface area contributed by atoms with Gasteiger partial charge in [-0.25, -0.2) is 9.97 Å². The largest absolute Gasteiger partial charge is 0.307 e. The van der Waals surface area contributed by atoms with Gasteiger partial charge in [-0.2, -0.15) is 0 Å². The van der Waals surface area contributed by atoms with E-state index in [1.807, 2.05) is 50.2 Å². The average molecular weight is 422 g/mol. The van der Waals surface area contributed by atoms with Gasteiger partial charge in [0.25, 0.3) is 5.91 Å². The number of hydrogen-bond donors (Lipinski definition) is 1. The molecule has 29 heavy (non-hydrogen) atoms. The van der Waals surface area contributed by atoms with Crippen molar-refractivity contribution in [1.29, 1.82) is 0 Å². The molecule has 2 heterocycles. The Kier molecular flexibility index (Phi) is 5.22. The van der Waals surface area contributed by atoms with Crippen molar-refractivity contribution < 1.29 is 4.79 Å². The molecule has 4 rings (SSSR count). The van der Waals surface area contributed by atoms with Crippen LogP contribution in [0.5, 0.6) is 0 Å². The summed E-state index contributed by atoms with van der Waals surface area (Å²) in [5, 5.41) is 4.67. The predicted molar refractivity (Wildman–Crippen MR) is 119 cm³/mol. The third kappa shape index (κ3) is 4.09. The van der Waals surface area contributed by atoms with Crippen molar-refractivity contribution in [2.24, 2.45) is 0 Å². The van der Waals surface area contributed by atoms with Crippen molar-refractivity contribution in [3.8, 4) is 11.3 Å². The summed E-state index contributed by atoms with van der Waals surface area (Å²) >= 11 is 12.4. The third-order valence-corrected chi connectivity index (χ3v) is 5.06. The first-order valence-electron chi connectivity index (χ1n) is 9.02. The maximum Gasteiger partial charge on any atom is 0.257 e. The number of pyridine rings is 2. The van der Waals surface area contributed by atoms with E-state index in [0.717, 1.165) is 16.6 Å². The molecule has 2 aromatic heterocycles. The van der Waals surface area contributed by atoms with Crippen LogP contribution in [-0.4, -0.2) is 15.9 Å². The first kappa shape index (κ1) is 19.4. The second-order valence-corrected chi connectivity index (χ2v) is 7.67. The molecule has 0 aliphatic heterocycles. The Bertz CT molecular complexity index is 1230. The fourth-order valence-electron chi connectivity index (χ4n) is 3.29. The molecule has 144 valence electrons. The highest BCUT2D eigenvalue weighted by atomic mass is 35.5. The normalized spacial score (nSPS) is 10.9. The molecule has 1 N–H and O–H groups in total. The lowest BCUT2D eigenvalue weighted by Crippen LogP contribution is -2.14. The van der Waals surface area contributed by atoms with Crippen molar-refractivity contribution in [1.82, 2.24) is 9.97 Å². The smallest absolute Gasteiger partial charge is 0.257 e. The Balaban J connectivity index is 1.83. The van der Waals surface area contributed by atoms with Crippen molar-refractivity contribution in [2.75, 3.05) is 5.32 Å². The number of nitrogens with one attached hydrogen (secondary N) is 1. The standard InChI is InChI=1S/C23H17Cl2N3O/c1-13-9-14(2)26-22(10-13)28-23(29)18-12-21(17-8-7-15(24)11-19(17)25)27-20-6-4-3-5-16(18)20/h3-12H,1-2H3,(H,26,28,29). The van der Waals surface area contributed by atoms with E-state index in [4.69, 9.17) is 28.2 Å². The summed E-state index contributed by atoms with van der Waals surface area (Å²) in [6.45, 7) is 3.86. The van der Waals surface area contributed by atoms with Gasteiger partial charge < -0.3 is 5.32 Å². The maximum atomic E-state index is 13.1. The van der Waals surface area contributed by atoms with Gasteiger partial charge in [-0.3, -0.25) is 4.79 Å². The first-order valence-corrected chi connectivity index (χ1v) is 9.78. The highest BCUT2D eigenvalue weighted by Gasteiger charge is 2.16. The van der Waals surface area contributed by atoms with E-state index in [-0.39, 0.29) is 5.91 Å². The Morgan fingerprint density at radius 3 is 2.48 bits per heavy atom. The quantitative estimate of drug-likeness (QED) is 0.412.